The molecular formula is C18H16N4O2S. The van der Waals surface area contributed by atoms with Crippen molar-refractivity contribution in [2.75, 3.05) is 17.2 Å². The molecule has 0 aliphatic carbocycles. The van der Waals surface area contributed by atoms with E-state index in [9.17, 15) is 9.59 Å². The van der Waals surface area contributed by atoms with Crippen molar-refractivity contribution in [1.29, 1.82) is 0 Å². The lowest BCUT2D eigenvalue weighted by Gasteiger charge is -2.16. The summed E-state index contributed by atoms with van der Waals surface area (Å²) >= 11 is 1.36. The van der Waals surface area contributed by atoms with Crippen molar-refractivity contribution >= 4 is 34.8 Å². The number of fused-ring (bicyclic) bond motifs is 1. The lowest BCUT2D eigenvalue weighted by Crippen LogP contribution is -2.23. The standard InChI is InChI=1S/C18H16N4O2S/c23-15(12-25-18-20-19-16-7-1-2-9-22(16)18)13-5-3-6-14(11-13)21-10-4-8-17(21)24/h1-3,5-7,9,11H,4,8,10,12H2. The summed E-state index contributed by atoms with van der Waals surface area (Å²) in [5, 5.41) is 8.89. The highest BCUT2D eigenvalue weighted by Gasteiger charge is 2.22. The van der Waals surface area contributed by atoms with Crippen LogP contribution in [0.2, 0.25) is 0 Å². The van der Waals surface area contributed by atoms with Crippen LogP contribution >= 0.6 is 11.8 Å². The fourth-order valence-corrected chi connectivity index (χ4v) is 3.72. The number of thioether (sulfide) groups is 1. The first-order valence-electron chi connectivity index (χ1n) is 8.08. The summed E-state index contributed by atoms with van der Waals surface area (Å²) in [5.41, 5.74) is 2.16. The number of hydrogen-bond acceptors (Lipinski definition) is 5. The molecule has 3 aromatic rings. The molecule has 0 atom stereocenters. The van der Waals surface area contributed by atoms with Crippen LogP contribution in [0.3, 0.4) is 0 Å². The highest BCUT2D eigenvalue weighted by Crippen LogP contribution is 2.24. The second-order valence-corrected chi connectivity index (χ2v) is 6.77. The number of anilines is 1. The maximum atomic E-state index is 12.5. The number of carbonyl (C=O) groups is 2. The number of nitrogens with zero attached hydrogens (tertiary/aromatic N) is 4. The molecule has 1 saturated heterocycles. The summed E-state index contributed by atoms with van der Waals surface area (Å²) in [6.07, 6.45) is 3.32. The van der Waals surface area contributed by atoms with Crippen LogP contribution < -0.4 is 4.90 Å². The molecule has 0 bridgehead atoms. The maximum Gasteiger partial charge on any atom is 0.227 e. The van der Waals surface area contributed by atoms with E-state index in [4.69, 9.17) is 0 Å². The van der Waals surface area contributed by atoms with Crippen LogP contribution in [-0.4, -0.2) is 38.6 Å². The number of benzene rings is 1. The van der Waals surface area contributed by atoms with Crippen molar-refractivity contribution in [3.63, 3.8) is 0 Å². The molecule has 126 valence electrons. The highest BCUT2D eigenvalue weighted by molar-refractivity contribution is 7.99. The summed E-state index contributed by atoms with van der Waals surface area (Å²) in [7, 11) is 0. The van der Waals surface area contributed by atoms with Crippen molar-refractivity contribution in [3.05, 3.63) is 54.2 Å². The molecule has 4 rings (SSSR count). The summed E-state index contributed by atoms with van der Waals surface area (Å²) in [5.74, 6) is 0.396. The van der Waals surface area contributed by atoms with Gasteiger partial charge in [-0.25, -0.2) is 0 Å². The van der Waals surface area contributed by atoms with E-state index >= 15 is 0 Å². The van der Waals surface area contributed by atoms with Crippen LogP contribution in [0.5, 0.6) is 0 Å². The van der Waals surface area contributed by atoms with E-state index in [-0.39, 0.29) is 17.4 Å². The van der Waals surface area contributed by atoms with E-state index in [1.54, 1.807) is 17.0 Å². The minimum atomic E-state index is 0.00572. The molecule has 0 saturated carbocycles. The molecule has 2 aromatic heterocycles. The van der Waals surface area contributed by atoms with Gasteiger partial charge in [-0.05, 0) is 30.7 Å². The highest BCUT2D eigenvalue weighted by atomic mass is 32.2. The second-order valence-electron chi connectivity index (χ2n) is 5.82. The Hall–Kier alpha value is -2.67. The lowest BCUT2D eigenvalue weighted by atomic mass is 10.1. The second kappa shape index (κ2) is 6.68. The third kappa shape index (κ3) is 3.15. The number of carbonyl (C=O) groups excluding carboxylic acids is 2. The SMILES string of the molecule is O=C(CSc1nnc2ccccn12)c1cccc(N2CCCC2=O)c1. The Balaban J connectivity index is 1.49. The van der Waals surface area contributed by atoms with Gasteiger partial charge in [-0.2, -0.15) is 0 Å². The molecule has 0 N–H and O–H groups in total. The number of hydrogen-bond donors (Lipinski definition) is 0. The zero-order valence-corrected chi connectivity index (χ0v) is 14.3. The number of pyridine rings is 1. The van der Waals surface area contributed by atoms with Gasteiger partial charge < -0.3 is 4.90 Å². The first-order valence-corrected chi connectivity index (χ1v) is 9.07. The fraction of sp³-hybridized carbons (Fsp3) is 0.222. The third-order valence-corrected chi connectivity index (χ3v) is 5.11. The van der Waals surface area contributed by atoms with Gasteiger partial charge in [0.25, 0.3) is 0 Å². The van der Waals surface area contributed by atoms with Gasteiger partial charge in [-0.1, -0.05) is 30.0 Å². The van der Waals surface area contributed by atoms with Gasteiger partial charge in [-0.15, -0.1) is 10.2 Å². The first kappa shape index (κ1) is 15.8. The Bertz CT molecular complexity index is 953. The minimum Gasteiger partial charge on any atom is -0.312 e. The van der Waals surface area contributed by atoms with Crippen molar-refractivity contribution in [1.82, 2.24) is 14.6 Å². The van der Waals surface area contributed by atoms with E-state index in [1.165, 1.54) is 11.8 Å². The summed E-state index contributed by atoms with van der Waals surface area (Å²) in [6, 6.07) is 13.0. The monoisotopic (exact) mass is 352 g/mol. The van der Waals surface area contributed by atoms with Gasteiger partial charge in [0, 0.05) is 30.4 Å². The minimum absolute atomic E-state index is 0.00572. The summed E-state index contributed by atoms with van der Waals surface area (Å²) in [6.45, 7) is 0.719. The predicted molar refractivity (Wildman–Crippen MR) is 96.1 cm³/mol. The number of aromatic nitrogens is 3. The van der Waals surface area contributed by atoms with Crippen LogP contribution in [0.15, 0.2) is 53.8 Å². The van der Waals surface area contributed by atoms with Crippen LogP contribution in [0, 0.1) is 0 Å². The van der Waals surface area contributed by atoms with Crippen molar-refractivity contribution in [3.8, 4) is 0 Å². The zero-order chi connectivity index (χ0) is 17.2. The third-order valence-electron chi connectivity index (χ3n) is 4.17. The average molecular weight is 352 g/mol. The van der Waals surface area contributed by atoms with Gasteiger partial charge in [0.2, 0.25) is 5.91 Å². The molecule has 1 aromatic carbocycles. The predicted octanol–water partition coefficient (Wildman–Crippen LogP) is 2.83. The number of Topliss-reactive ketones (excluding diaryl/α,β-unsaturated/α-hetero) is 1. The van der Waals surface area contributed by atoms with Crippen molar-refractivity contribution < 1.29 is 9.59 Å². The number of amides is 1. The van der Waals surface area contributed by atoms with Crippen LogP contribution in [0.1, 0.15) is 23.2 Å². The fourth-order valence-electron chi connectivity index (χ4n) is 2.90. The molecular weight excluding hydrogens is 336 g/mol. The van der Waals surface area contributed by atoms with Crippen molar-refractivity contribution in [2.45, 2.75) is 18.0 Å². The molecule has 0 spiro atoms. The van der Waals surface area contributed by atoms with Crippen LogP contribution in [-0.2, 0) is 4.79 Å². The Morgan fingerprint density at radius 1 is 1.16 bits per heavy atom. The van der Waals surface area contributed by atoms with E-state index in [0.717, 1.165) is 24.3 Å². The molecule has 0 radical (unpaired) electrons. The molecule has 6 nitrogen and oxygen atoms in total. The van der Waals surface area contributed by atoms with Crippen molar-refractivity contribution in [2.24, 2.45) is 0 Å². The normalized spacial score (nSPS) is 14.4. The zero-order valence-electron chi connectivity index (χ0n) is 13.5. The first-order chi connectivity index (χ1) is 12.2. The number of ketones is 1. The molecule has 1 aliphatic rings. The van der Waals surface area contributed by atoms with E-state index in [1.807, 2.05) is 40.9 Å². The molecule has 7 heteroatoms. The van der Waals surface area contributed by atoms with E-state index in [0.29, 0.717) is 17.1 Å². The molecule has 25 heavy (non-hydrogen) atoms. The molecule has 1 aliphatic heterocycles. The Kier molecular flexibility index (Phi) is 4.23. The topological polar surface area (TPSA) is 67.6 Å². The van der Waals surface area contributed by atoms with Gasteiger partial charge >= 0.3 is 0 Å². The quantitative estimate of drug-likeness (QED) is 0.522. The summed E-state index contributed by atoms with van der Waals surface area (Å²) in [4.78, 5) is 26.2. The van der Waals surface area contributed by atoms with E-state index < -0.39 is 0 Å². The molecule has 1 amide bonds. The Labute approximate surface area is 148 Å². The van der Waals surface area contributed by atoms with E-state index in [2.05, 4.69) is 10.2 Å². The smallest absolute Gasteiger partial charge is 0.227 e. The summed E-state index contributed by atoms with van der Waals surface area (Å²) < 4.78 is 1.86. The van der Waals surface area contributed by atoms with Crippen LogP contribution in [0.25, 0.3) is 5.65 Å². The van der Waals surface area contributed by atoms with Crippen LogP contribution in [0.4, 0.5) is 5.69 Å². The van der Waals surface area contributed by atoms with Gasteiger partial charge in [0.05, 0.1) is 5.75 Å². The number of rotatable bonds is 5. The maximum absolute atomic E-state index is 12.5. The largest absolute Gasteiger partial charge is 0.312 e. The lowest BCUT2D eigenvalue weighted by molar-refractivity contribution is -0.117. The molecule has 0 unspecified atom stereocenters. The Morgan fingerprint density at radius 2 is 2.08 bits per heavy atom. The molecule has 3 heterocycles. The average Bonchev–Trinajstić information content (AvgIpc) is 3.26. The van der Waals surface area contributed by atoms with Gasteiger partial charge in [0.15, 0.2) is 16.6 Å². The molecule has 1 fully saturated rings. The van der Waals surface area contributed by atoms with Gasteiger partial charge in [0.1, 0.15) is 0 Å². The Morgan fingerprint density at radius 3 is 2.92 bits per heavy atom. The van der Waals surface area contributed by atoms with Gasteiger partial charge in [-0.3, -0.25) is 14.0 Å².